The van der Waals surface area contributed by atoms with Crippen molar-refractivity contribution in [2.45, 2.75) is 31.9 Å². The summed E-state index contributed by atoms with van der Waals surface area (Å²) in [6.45, 7) is 8.45. The lowest BCUT2D eigenvalue weighted by atomic mass is 9.52. The Morgan fingerprint density at radius 3 is 2.24 bits per heavy atom. The fourth-order valence-electron chi connectivity index (χ4n) is 4.54. The fourth-order valence-corrected chi connectivity index (χ4v) is 4.54. The van der Waals surface area contributed by atoms with E-state index in [-0.39, 0.29) is 5.41 Å². The van der Waals surface area contributed by atoms with Crippen molar-refractivity contribution in [1.29, 1.82) is 0 Å². The minimum atomic E-state index is -0.725. The van der Waals surface area contributed by atoms with Gasteiger partial charge in [0.2, 0.25) is 0 Å². The van der Waals surface area contributed by atoms with E-state index >= 15 is 0 Å². The second kappa shape index (κ2) is 6.11. The number of pyridine rings is 1. The van der Waals surface area contributed by atoms with Crippen LogP contribution in [0.1, 0.15) is 25.8 Å². The van der Waals surface area contributed by atoms with E-state index in [0.29, 0.717) is 6.04 Å². The van der Waals surface area contributed by atoms with E-state index in [9.17, 15) is 5.11 Å². The summed E-state index contributed by atoms with van der Waals surface area (Å²) in [6.07, 6.45) is 2.67. The Hall–Kier alpha value is -1.91. The van der Waals surface area contributed by atoms with E-state index < -0.39 is 5.60 Å². The lowest BCUT2D eigenvalue weighted by molar-refractivity contribution is -0.212. The summed E-state index contributed by atoms with van der Waals surface area (Å²) in [6, 6.07) is 16.6. The summed E-state index contributed by atoms with van der Waals surface area (Å²) < 4.78 is 0. The van der Waals surface area contributed by atoms with Crippen LogP contribution in [0.15, 0.2) is 54.7 Å². The Balaban J connectivity index is 1.43. The number of aromatic nitrogens is 1. The van der Waals surface area contributed by atoms with E-state index in [0.717, 1.165) is 44.0 Å². The van der Waals surface area contributed by atoms with Crippen molar-refractivity contribution in [2.75, 3.05) is 31.1 Å². The van der Waals surface area contributed by atoms with Gasteiger partial charge in [0.25, 0.3) is 0 Å². The van der Waals surface area contributed by atoms with Gasteiger partial charge >= 0.3 is 0 Å². The average Bonchev–Trinajstić information content (AvgIpc) is 2.67. The highest BCUT2D eigenvalue weighted by atomic mass is 16.3. The summed E-state index contributed by atoms with van der Waals surface area (Å²) in [5.74, 6) is 1.07. The quantitative estimate of drug-likeness (QED) is 0.935. The molecule has 2 aromatic rings. The molecule has 2 aliphatic rings. The molecule has 0 spiro atoms. The number of nitrogens with zero attached hydrogens (tertiary/aromatic N) is 3. The van der Waals surface area contributed by atoms with Crippen molar-refractivity contribution in [1.82, 2.24) is 9.88 Å². The van der Waals surface area contributed by atoms with Crippen LogP contribution in [0.4, 0.5) is 5.82 Å². The molecule has 2 heterocycles. The molecule has 132 valence electrons. The number of hydrogen-bond donors (Lipinski definition) is 1. The first-order chi connectivity index (χ1) is 12.0. The van der Waals surface area contributed by atoms with Crippen molar-refractivity contribution in [3.63, 3.8) is 0 Å². The van der Waals surface area contributed by atoms with Gasteiger partial charge in [0.1, 0.15) is 5.82 Å². The maximum atomic E-state index is 11.3. The van der Waals surface area contributed by atoms with Gasteiger partial charge in [-0.3, -0.25) is 4.90 Å². The molecule has 1 aromatic heterocycles. The van der Waals surface area contributed by atoms with Gasteiger partial charge in [0, 0.05) is 43.8 Å². The molecule has 0 bridgehead atoms. The van der Waals surface area contributed by atoms with Crippen LogP contribution in [-0.4, -0.2) is 47.2 Å². The molecular formula is C21H27N3O. The molecule has 1 saturated heterocycles. The van der Waals surface area contributed by atoms with Gasteiger partial charge in [-0.25, -0.2) is 4.98 Å². The summed E-state index contributed by atoms with van der Waals surface area (Å²) >= 11 is 0. The predicted octanol–water partition coefficient (Wildman–Crippen LogP) is 2.89. The van der Waals surface area contributed by atoms with Crippen LogP contribution in [0, 0.1) is 5.41 Å². The molecule has 0 amide bonds. The third kappa shape index (κ3) is 2.64. The Morgan fingerprint density at radius 2 is 1.64 bits per heavy atom. The normalized spacial score (nSPS) is 29.2. The smallest absolute Gasteiger partial charge is 0.128 e. The van der Waals surface area contributed by atoms with Crippen LogP contribution in [0.5, 0.6) is 0 Å². The zero-order chi connectivity index (χ0) is 17.5. The van der Waals surface area contributed by atoms with Crippen LogP contribution in [0.3, 0.4) is 0 Å². The van der Waals surface area contributed by atoms with Crippen molar-refractivity contribution in [2.24, 2.45) is 5.41 Å². The van der Waals surface area contributed by atoms with Gasteiger partial charge in [0.15, 0.2) is 0 Å². The average molecular weight is 337 g/mol. The lowest BCUT2D eigenvalue weighted by Gasteiger charge is -2.62. The molecule has 4 rings (SSSR count). The molecule has 2 atom stereocenters. The Kier molecular flexibility index (Phi) is 4.05. The third-order valence-electron chi connectivity index (χ3n) is 6.37. The zero-order valence-corrected chi connectivity index (χ0v) is 15.1. The van der Waals surface area contributed by atoms with Gasteiger partial charge in [-0.2, -0.15) is 0 Å². The molecule has 1 aromatic carbocycles. The molecule has 2 fully saturated rings. The van der Waals surface area contributed by atoms with Gasteiger partial charge in [0.05, 0.1) is 5.60 Å². The first kappa shape index (κ1) is 16.6. The summed E-state index contributed by atoms with van der Waals surface area (Å²) in [5, 5.41) is 11.3. The highest BCUT2D eigenvalue weighted by molar-refractivity contribution is 5.38. The van der Waals surface area contributed by atoms with Crippen LogP contribution in [0.25, 0.3) is 0 Å². The summed E-state index contributed by atoms with van der Waals surface area (Å²) in [4.78, 5) is 9.37. The highest BCUT2D eigenvalue weighted by Gasteiger charge is 2.61. The predicted molar refractivity (Wildman–Crippen MR) is 101 cm³/mol. The van der Waals surface area contributed by atoms with Crippen molar-refractivity contribution in [3.05, 3.63) is 60.3 Å². The Labute approximate surface area is 150 Å². The number of piperazine rings is 1. The van der Waals surface area contributed by atoms with E-state index in [1.807, 2.05) is 36.5 Å². The molecule has 4 nitrogen and oxygen atoms in total. The molecule has 4 heteroatoms. The number of aliphatic hydroxyl groups is 1. The maximum absolute atomic E-state index is 11.3. The van der Waals surface area contributed by atoms with E-state index in [2.05, 4.69) is 46.8 Å². The topological polar surface area (TPSA) is 39.6 Å². The van der Waals surface area contributed by atoms with Crippen LogP contribution >= 0.6 is 0 Å². The Bertz CT molecular complexity index is 710. The number of rotatable bonds is 3. The number of benzene rings is 1. The Morgan fingerprint density at radius 1 is 0.960 bits per heavy atom. The first-order valence-electron chi connectivity index (χ1n) is 9.20. The molecule has 0 radical (unpaired) electrons. The molecule has 25 heavy (non-hydrogen) atoms. The molecule has 2 unspecified atom stereocenters. The molecule has 1 aliphatic heterocycles. The van der Waals surface area contributed by atoms with Crippen LogP contribution in [-0.2, 0) is 5.60 Å². The summed E-state index contributed by atoms with van der Waals surface area (Å²) in [7, 11) is 0. The van der Waals surface area contributed by atoms with Gasteiger partial charge in [-0.15, -0.1) is 0 Å². The van der Waals surface area contributed by atoms with Crippen molar-refractivity contribution >= 4 is 5.82 Å². The zero-order valence-electron chi connectivity index (χ0n) is 15.1. The van der Waals surface area contributed by atoms with Crippen LogP contribution in [0.2, 0.25) is 0 Å². The third-order valence-corrected chi connectivity index (χ3v) is 6.37. The lowest BCUT2D eigenvalue weighted by Crippen LogP contribution is -2.69. The second-order valence-corrected chi connectivity index (χ2v) is 7.88. The summed E-state index contributed by atoms with van der Waals surface area (Å²) in [5.41, 5.74) is 0.168. The molecule has 1 aliphatic carbocycles. The second-order valence-electron chi connectivity index (χ2n) is 7.88. The van der Waals surface area contributed by atoms with Crippen molar-refractivity contribution in [3.8, 4) is 0 Å². The van der Waals surface area contributed by atoms with E-state index in [1.54, 1.807) is 0 Å². The van der Waals surface area contributed by atoms with E-state index in [4.69, 9.17) is 0 Å². The van der Waals surface area contributed by atoms with Crippen molar-refractivity contribution < 1.29 is 5.11 Å². The SMILES string of the molecule is CC1(C)C(N2CCN(c3ccccn3)CC2)CC1(O)c1ccccc1. The van der Waals surface area contributed by atoms with Crippen LogP contribution < -0.4 is 4.90 Å². The molecular weight excluding hydrogens is 310 g/mol. The van der Waals surface area contributed by atoms with Gasteiger partial charge in [-0.05, 0) is 24.1 Å². The van der Waals surface area contributed by atoms with Gasteiger partial charge in [-0.1, -0.05) is 50.2 Å². The van der Waals surface area contributed by atoms with Gasteiger partial charge < -0.3 is 10.0 Å². The highest BCUT2D eigenvalue weighted by Crippen LogP contribution is 2.57. The molecule has 1 N–H and O–H groups in total. The maximum Gasteiger partial charge on any atom is 0.128 e. The minimum absolute atomic E-state index is 0.151. The molecule has 1 saturated carbocycles. The largest absolute Gasteiger partial charge is 0.384 e. The number of anilines is 1. The van der Waals surface area contributed by atoms with E-state index in [1.165, 1.54) is 0 Å². The standard InChI is InChI=1S/C21H27N3O/c1-20(2)18(16-21(20,25)17-8-4-3-5-9-17)23-12-14-24(15-13-23)19-10-6-7-11-22-19/h3-11,18,25H,12-16H2,1-2H3. The minimum Gasteiger partial charge on any atom is -0.384 e. The monoisotopic (exact) mass is 337 g/mol. The first-order valence-corrected chi connectivity index (χ1v) is 9.20. The fraction of sp³-hybridized carbons (Fsp3) is 0.476. The number of hydrogen-bond acceptors (Lipinski definition) is 4.